The van der Waals surface area contributed by atoms with Gasteiger partial charge in [-0.1, -0.05) is 0 Å². The fourth-order valence-corrected chi connectivity index (χ4v) is 3.90. The summed E-state index contributed by atoms with van der Waals surface area (Å²) in [5, 5.41) is 1.07. The summed E-state index contributed by atoms with van der Waals surface area (Å²) in [6.07, 6.45) is 7.31. The van der Waals surface area contributed by atoms with Crippen LogP contribution in [0.1, 0.15) is 46.8 Å². The number of nitrogens with zero attached hydrogens (tertiary/aromatic N) is 2. The van der Waals surface area contributed by atoms with Gasteiger partial charge in [-0.3, -0.25) is 9.78 Å². The molecule has 5 heteroatoms. The van der Waals surface area contributed by atoms with Gasteiger partial charge in [-0.2, -0.15) is 0 Å². The summed E-state index contributed by atoms with van der Waals surface area (Å²) in [5.41, 5.74) is 2.15. The zero-order chi connectivity index (χ0) is 14.7. The van der Waals surface area contributed by atoms with Crippen LogP contribution in [0.25, 0.3) is 0 Å². The summed E-state index contributed by atoms with van der Waals surface area (Å²) in [6.45, 7) is 2.27. The van der Waals surface area contributed by atoms with Crippen LogP contribution in [-0.2, 0) is 22.4 Å². The average Bonchev–Trinajstić information content (AvgIpc) is 2.90. The third-order valence-electron chi connectivity index (χ3n) is 3.67. The lowest BCUT2D eigenvalue weighted by molar-refractivity contribution is -0.145. The van der Waals surface area contributed by atoms with E-state index in [2.05, 4.69) is 4.98 Å². The molecule has 0 amide bonds. The molecule has 0 aliphatic heterocycles. The molecule has 2 aromatic rings. The number of aryl methyl sites for hydroxylation is 1. The van der Waals surface area contributed by atoms with E-state index in [1.807, 2.05) is 19.1 Å². The second-order valence-corrected chi connectivity index (χ2v) is 6.31. The van der Waals surface area contributed by atoms with Crippen molar-refractivity contribution in [2.24, 2.45) is 0 Å². The number of hydrogen-bond donors (Lipinski definition) is 0. The Labute approximate surface area is 128 Å². The SMILES string of the molecule is CCOC(=O)C1CCCc2sc(Cc3ccncc3)nc21. The number of carbonyl (C=O) groups excluding carboxylic acids is 1. The highest BCUT2D eigenvalue weighted by atomic mass is 32.1. The Kier molecular flexibility index (Phi) is 4.29. The number of ether oxygens (including phenoxy) is 1. The predicted octanol–water partition coefficient (Wildman–Crippen LogP) is 3.11. The fraction of sp³-hybridized carbons (Fsp3) is 0.438. The summed E-state index contributed by atoms with van der Waals surface area (Å²) >= 11 is 1.73. The van der Waals surface area contributed by atoms with Crippen molar-refractivity contribution in [3.8, 4) is 0 Å². The molecule has 4 nitrogen and oxygen atoms in total. The fourth-order valence-electron chi connectivity index (χ4n) is 2.69. The minimum Gasteiger partial charge on any atom is -0.465 e. The zero-order valence-electron chi connectivity index (χ0n) is 12.0. The first-order valence-electron chi connectivity index (χ1n) is 7.32. The number of pyridine rings is 1. The molecule has 0 saturated heterocycles. The maximum absolute atomic E-state index is 12.1. The smallest absolute Gasteiger partial charge is 0.315 e. The largest absolute Gasteiger partial charge is 0.465 e. The molecule has 1 unspecified atom stereocenters. The first-order valence-corrected chi connectivity index (χ1v) is 8.13. The minimum absolute atomic E-state index is 0.126. The Morgan fingerprint density at radius 1 is 1.43 bits per heavy atom. The number of thiazole rings is 1. The van der Waals surface area contributed by atoms with Gasteiger partial charge in [-0.15, -0.1) is 11.3 Å². The van der Waals surface area contributed by atoms with Crippen LogP contribution in [0.15, 0.2) is 24.5 Å². The van der Waals surface area contributed by atoms with Crippen molar-refractivity contribution in [1.82, 2.24) is 9.97 Å². The Bertz CT molecular complexity index is 624. The standard InChI is InChI=1S/C16H18N2O2S/c1-2-20-16(19)12-4-3-5-13-15(12)18-14(21-13)10-11-6-8-17-9-7-11/h6-9,12H,2-5,10H2,1H3. The van der Waals surface area contributed by atoms with Gasteiger partial charge in [0, 0.05) is 23.7 Å². The molecule has 0 aromatic carbocycles. The zero-order valence-corrected chi connectivity index (χ0v) is 12.9. The van der Waals surface area contributed by atoms with Crippen molar-refractivity contribution < 1.29 is 9.53 Å². The number of rotatable bonds is 4. The quantitative estimate of drug-likeness (QED) is 0.814. The van der Waals surface area contributed by atoms with Crippen LogP contribution in [0.2, 0.25) is 0 Å². The lowest BCUT2D eigenvalue weighted by atomic mass is 9.91. The summed E-state index contributed by atoms with van der Waals surface area (Å²) in [5.74, 6) is -0.296. The third-order valence-corrected chi connectivity index (χ3v) is 4.81. The van der Waals surface area contributed by atoms with Crippen LogP contribution in [0.4, 0.5) is 0 Å². The van der Waals surface area contributed by atoms with E-state index < -0.39 is 0 Å². The molecule has 1 aliphatic rings. The molecule has 110 valence electrons. The van der Waals surface area contributed by atoms with Crippen LogP contribution < -0.4 is 0 Å². The average molecular weight is 302 g/mol. The lowest BCUT2D eigenvalue weighted by Gasteiger charge is -2.19. The summed E-state index contributed by atoms with van der Waals surface area (Å²) in [7, 11) is 0. The summed E-state index contributed by atoms with van der Waals surface area (Å²) in [6, 6.07) is 4.01. The Morgan fingerprint density at radius 3 is 3.00 bits per heavy atom. The van der Waals surface area contributed by atoms with Gasteiger partial charge in [-0.25, -0.2) is 4.98 Å². The van der Waals surface area contributed by atoms with E-state index in [1.165, 1.54) is 10.4 Å². The maximum Gasteiger partial charge on any atom is 0.315 e. The number of esters is 1. The van der Waals surface area contributed by atoms with Crippen LogP contribution in [0.5, 0.6) is 0 Å². The molecular formula is C16H18N2O2S. The van der Waals surface area contributed by atoms with E-state index in [-0.39, 0.29) is 11.9 Å². The van der Waals surface area contributed by atoms with Gasteiger partial charge in [0.05, 0.1) is 17.3 Å². The molecule has 0 radical (unpaired) electrons. The van der Waals surface area contributed by atoms with E-state index >= 15 is 0 Å². The van der Waals surface area contributed by atoms with Gasteiger partial charge in [0.1, 0.15) is 5.92 Å². The first-order chi connectivity index (χ1) is 10.3. The summed E-state index contributed by atoms with van der Waals surface area (Å²) < 4.78 is 5.18. The Hall–Kier alpha value is -1.75. The predicted molar refractivity (Wildman–Crippen MR) is 81.5 cm³/mol. The number of carbonyl (C=O) groups is 1. The van der Waals surface area contributed by atoms with Gasteiger partial charge in [0.15, 0.2) is 0 Å². The highest BCUT2D eigenvalue weighted by Gasteiger charge is 2.31. The molecular weight excluding hydrogens is 284 g/mol. The molecule has 3 rings (SSSR count). The van der Waals surface area contributed by atoms with Crippen LogP contribution in [0.3, 0.4) is 0 Å². The normalized spacial score (nSPS) is 17.3. The Balaban J connectivity index is 1.82. The molecule has 0 saturated carbocycles. The number of aromatic nitrogens is 2. The molecule has 0 fully saturated rings. The van der Waals surface area contributed by atoms with E-state index in [4.69, 9.17) is 9.72 Å². The van der Waals surface area contributed by atoms with Crippen LogP contribution in [-0.4, -0.2) is 22.5 Å². The first kappa shape index (κ1) is 14.2. The molecule has 2 aromatic heterocycles. The van der Waals surface area contributed by atoms with Crippen molar-refractivity contribution in [3.63, 3.8) is 0 Å². The van der Waals surface area contributed by atoms with E-state index in [1.54, 1.807) is 23.7 Å². The van der Waals surface area contributed by atoms with E-state index in [0.717, 1.165) is 36.4 Å². The van der Waals surface area contributed by atoms with Crippen LogP contribution >= 0.6 is 11.3 Å². The van der Waals surface area contributed by atoms with Gasteiger partial charge in [-0.05, 0) is 43.9 Å². The number of fused-ring (bicyclic) bond motifs is 1. The highest BCUT2D eigenvalue weighted by Crippen LogP contribution is 2.36. The second-order valence-electron chi connectivity index (χ2n) is 5.15. The topological polar surface area (TPSA) is 52.1 Å². The lowest BCUT2D eigenvalue weighted by Crippen LogP contribution is -2.20. The molecule has 0 bridgehead atoms. The second kappa shape index (κ2) is 6.35. The summed E-state index contributed by atoms with van der Waals surface area (Å²) in [4.78, 5) is 22.1. The van der Waals surface area contributed by atoms with Crippen LogP contribution in [0, 0.1) is 0 Å². The molecule has 2 heterocycles. The molecule has 1 aliphatic carbocycles. The van der Waals surface area contributed by atoms with Gasteiger partial charge >= 0.3 is 5.97 Å². The third kappa shape index (κ3) is 3.13. The highest BCUT2D eigenvalue weighted by molar-refractivity contribution is 7.11. The molecule has 21 heavy (non-hydrogen) atoms. The van der Waals surface area contributed by atoms with E-state index in [0.29, 0.717) is 6.61 Å². The van der Waals surface area contributed by atoms with Crippen molar-refractivity contribution in [3.05, 3.63) is 45.7 Å². The monoisotopic (exact) mass is 302 g/mol. The molecule has 1 atom stereocenters. The van der Waals surface area contributed by atoms with E-state index in [9.17, 15) is 4.79 Å². The Morgan fingerprint density at radius 2 is 2.24 bits per heavy atom. The maximum atomic E-state index is 12.1. The van der Waals surface area contributed by atoms with Crippen molar-refractivity contribution >= 4 is 17.3 Å². The van der Waals surface area contributed by atoms with Crippen molar-refractivity contribution in [2.75, 3.05) is 6.61 Å². The van der Waals surface area contributed by atoms with Crippen molar-refractivity contribution in [2.45, 2.75) is 38.5 Å². The van der Waals surface area contributed by atoms with Crippen molar-refractivity contribution in [1.29, 1.82) is 0 Å². The minimum atomic E-state index is -0.170. The number of hydrogen-bond acceptors (Lipinski definition) is 5. The molecule has 0 N–H and O–H groups in total. The van der Waals surface area contributed by atoms with Gasteiger partial charge in [0.25, 0.3) is 0 Å². The van der Waals surface area contributed by atoms with Gasteiger partial charge < -0.3 is 4.74 Å². The van der Waals surface area contributed by atoms with Gasteiger partial charge in [0.2, 0.25) is 0 Å². The molecule has 0 spiro atoms.